The molecule has 1 aliphatic rings. The maximum Gasteiger partial charge on any atom is 0.334 e. The second-order valence-corrected chi connectivity index (χ2v) is 9.79. The fourth-order valence-corrected chi connectivity index (χ4v) is 5.18. The van der Waals surface area contributed by atoms with Gasteiger partial charge in [0.15, 0.2) is 0 Å². The second-order valence-electron chi connectivity index (χ2n) is 9.35. The van der Waals surface area contributed by atoms with Crippen molar-refractivity contribution in [1.82, 2.24) is 24.4 Å². The van der Waals surface area contributed by atoms with E-state index < -0.39 is 0 Å². The quantitative estimate of drug-likeness (QED) is 0.401. The third-order valence-corrected chi connectivity index (χ3v) is 7.23. The van der Waals surface area contributed by atoms with Crippen molar-refractivity contribution in [3.63, 3.8) is 0 Å². The topological polar surface area (TPSA) is 93.8 Å². The van der Waals surface area contributed by atoms with Crippen LogP contribution in [0.15, 0.2) is 59.7 Å². The molecule has 0 aliphatic heterocycles. The number of nitrogens with zero attached hydrogens (tertiary/aromatic N) is 4. The largest absolute Gasteiger partial charge is 0.387 e. The molecule has 186 valence electrons. The van der Waals surface area contributed by atoms with E-state index >= 15 is 0 Å². The lowest BCUT2D eigenvalue weighted by molar-refractivity contribution is 0.0919. The maximum absolute atomic E-state index is 13.5. The molecule has 1 amide bonds. The Morgan fingerprint density at radius 3 is 2.50 bits per heavy atom. The van der Waals surface area contributed by atoms with Crippen molar-refractivity contribution in [1.29, 1.82) is 0 Å². The Bertz CT molecular complexity index is 1450. The van der Waals surface area contributed by atoms with Crippen LogP contribution in [0.2, 0.25) is 5.02 Å². The van der Waals surface area contributed by atoms with E-state index in [0.717, 1.165) is 42.4 Å². The van der Waals surface area contributed by atoms with E-state index in [-0.39, 0.29) is 17.6 Å². The number of amides is 1. The van der Waals surface area contributed by atoms with Crippen LogP contribution in [0.1, 0.15) is 41.7 Å². The summed E-state index contributed by atoms with van der Waals surface area (Å²) >= 11 is 6.03. The number of benzene rings is 1. The zero-order chi connectivity index (χ0) is 25.2. The molecule has 4 aromatic rings. The number of nitrogens with one attached hydrogen (secondary N) is 2. The van der Waals surface area contributed by atoms with E-state index in [2.05, 4.69) is 20.6 Å². The van der Waals surface area contributed by atoms with Crippen LogP contribution in [0.25, 0.3) is 16.9 Å². The molecule has 8 nitrogen and oxygen atoms in total. The third-order valence-electron chi connectivity index (χ3n) is 7.02. The third kappa shape index (κ3) is 4.73. The molecule has 3 aromatic heterocycles. The van der Waals surface area contributed by atoms with Crippen molar-refractivity contribution in [3.05, 3.63) is 81.6 Å². The van der Waals surface area contributed by atoms with Crippen LogP contribution in [-0.2, 0) is 6.54 Å². The fourth-order valence-electron chi connectivity index (χ4n) is 5.02. The van der Waals surface area contributed by atoms with Crippen LogP contribution in [0.4, 0.5) is 5.69 Å². The number of hydrogen-bond donors (Lipinski definition) is 2. The van der Waals surface area contributed by atoms with E-state index in [0.29, 0.717) is 34.6 Å². The maximum atomic E-state index is 13.5. The number of aromatic nitrogens is 4. The molecule has 5 rings (SSSR count). The Morgan fingerprint density at radius 1 is 1.06 bits per heavy atom. The van der Waals surface area contributed by atoms with Gasteiger partial charge in [-0.25, -0.2) is 14.3 Å². The van der Waals surface area contributed by atoms with Crippen molar-refractivity contribution in [2.24, 2.45) is 5.92 Å². The van der Waals surface area contributed by atoms with Crippen LogP contribution in [-0.4, -0.2) is 38.1 Å². The predicted octanol–water partition coefficient (Wildman–Crippen LogP) is 4.57. The summed E-state index contributed by atoms with van der Waals surface area (Å²) in [4.78, 5) is 35.0. The standard InChI is InChI=1S/C27H29ClN6O2/c1-17-22(13-19(28)14-30-17)26(35)32-20-9-7-18(8-10-20)16-33-23-5-3-4-6-24(23)34(27(33)36)25-12-11-21(29-2)15-31-25/h3-6,11-15,18,20,29H,7-10,16H2,1-2H3,(H,32,35)/t18-,20-. The van der Waals surface area contributed by atoms with Gasteiger partial charge < -0.3 is 10.6 Å². The zero-order valence-electron chi connectivity index (χ0n) is 20.4. The number of pyridine rings is 2. The average molecular weight is 505 g/mol. The van der Waals surface area contributed by atoms with E-state index in [1.54, 1.807) is 30.0 Å². The number of imidazole rings is 1. The van der Waals surface area contributed by atoms with Crippen molar-refractivity contribution in [3.8, 4) is 5.82 Å². The molecule has 0 unspecified atom stereocenters. The Balaban J connectivity index is 1.30. The predicted molar refractivity (Wildman–Crippen MR) is 142 cm³/mol. The van der Waals surface area contributed by atoms with Gasteiger partial charge in [0.1, 0.15) is 5.82 Å². The highest BCUT2D eigenvalue weighted by atomic mass is 35.5. The first kappa shape index (κ1) is 24.1. The Morgan fingerprint density at radius 2 is 1.81 bits per heavy atom. The number of aryl methyl sites for hydroxylation is 1. The molecule has 0 atom stereocenters. The van der Waals surface area contributed by atoms with E-state index in [4.69, 9.17) is 11.6 Å². The minimum absolute atomic E-state index is 0.0831. The minimum Gasteiger partial charge on any atom is -0.387 e. The van der Waals surface area contributed by atoms with Gasteiger partial charge in [-0.05, 0) is 68.9 Å². The lowest BCUT2D eigenvalue weighted by Gasteiger charge is -2.29. The van der Waals surface area contributed by atoms with Gasteiger partial charge in [-0.15, -0.1) is 0 Å². The monoisotopic (exact) mass is 504 g/mol. The molecular weight excluding hydrogens is 476 g/mol. The number of carbonyl (C=O) groups excluding carboxylic acids is 1. The summed E-state index contributed by atoms with van der Waals surface area (Å²) in [7, 11) is 1.84. The first-order valence-corrected chi connectivity index (χ1v) is 12.6. The zero-order valence-corrected chi connectivity index (χ0v) is 21.1. The lowest BCUT2D eigenvalue weighted by Crippen LogP contribution is -2.39. The molecule has 0 spiro atoms. The smallest absolute Gasteiger partial charge is 0.334 e. The van der Waals surface area contributed by atoms with Crippen molar-refractivity contribution in [2.75, 3.05) is 12.4 Å². The molecule has 3 heterocycles. The summed E-state index contributed by atoms with van der Waals surface area (Å²) in [6.07, 6.45) is 6.86. The van der Waals surface area contributed by atoms with Gasteiger partial charge in [0, 0.05) is 25.8 Å². The first-order chi connectivity index (χ1) is 17.4. The highest BCUT2D eigenvalue weighted by Gasteiger charge is 2.25. The van der Waals surface area contributed by atoms with Gasteiger partial charge in [-0.2, -0.15) is 0 Å². The number of halogens is 1. The molecular formula is C27H29ClN6O2. The fraction of sp³-hybridized carbons (Fsp3) is 0.333. The highest BCUT2D eigenvalue weighted by Crippen LogP contribution is 2.28. The highest BCUT2D eigenvalue weighted by molar-refractivity contribution is 6.30. The van der Waals surface area contributed by atoms with Gasteiger partial charge in [0.2, 0.25) is 0 Å². The molecule has 0 radical (unpaired) electrons. The van der Waals surface area contributed by atoms with Crippen LogP contribution < -0.4 is 16.3 Å². The Labute approximate surface area is 214 Å². The molecule has 9 heteroatoms. The lowest BCUT2D eigenvalue weighted by atomic mass is 9.85. The van der Waals surface area contributed by atoms with Crippen LogP contribution in [0, 0.1) is 12.8 Å². The molecule has 0 bridgehead atoms. The van der Waals surface area contributed by atoms with Crippen molar-refractivity contribution >= 4 is 34.2 Å². The molecule has 0 saturated heterocycles. The van der Waals surface area contributed by atoms with Gasteiger partial charge in [0.05, 0.1) is 39.2 Å². The Hall–Kier alpha value is -3.65. The number of para-hydroxylation sites is 2. The molecule has 36 heavy (non-hydrogen) atoms. The number of hydrogen-bond acceptors (Lipinski definition) is 5. The summed E-state index contributed by atoms with van der Waals surface area (Å²) in [5.41, 5.74) is 3.73. The molecule has 1 aliphatic carbocycles. The first-order valence-electron chi connectivity index (χ1n) is 12.2. The number of anilines is 1. The van der Waals surface area contributed by atoms with Crippen LogP contribution >= 0.6 is 11.6 Å². The average Bonchev–Trinajstić information content (AvgIpc) is 3.17. The molecule has 1 fully saturated rings. The minimum atomic E-state index is -0.137. The van der Waals surface area contributed by atoms with Crippen LogP contribution in [0.3, 0.4) is 0 Å². The van der Waals surface area contributed by atoms with E-state index in [1.807, 2.05) is 48.0 Å². The van der Waals surface area contributed by atoms with Crippen molar-refractivity contribution in [2.45, 2.75) is 45.2 Å². The summed E-state index contributed by atoms with van der Waals surface area (Å²) in [5, 5.41) is 6.65. The van der Waals surface area contributed by atoms with Gasteiger partial charge in [-0.3, -0.25) is 14.3 Å². The summed E-state index contributed by atoms with van der Waals surface area (Å²) in [6.45, 7) is 2.44. The van der Waals surface area contributed by atoms with Crippen molar-refractivity contribution < 1.29 is 4.79 Å². The second kappa shape index (κ2) is 10.1. The number of carbonyl (C=O) groups is 1. The molecule has 1 saturated carbocycles. The summed E-state index contributed by atoms with van der Waals surface area (Å²) in [5.74, 6) is 0.817. The Kier molecular flexibility index (Phi) is 6.78. The molecule has 2 N–H and O–H groups in total. The van der Waals surface area contributed by atoms with Crippen LogP contribution in [0.5, 0.6) is 0 Å². The molecule has 1 aromatic carbocycles. The normalized spacial score (nSPS) is 17.8. The van der Waals surface area contributed by atoms with E-state index in [1.165, 1.54) is 0 Å². The van der Waals surface area contributed by atoms with Gasteiger partial charge >= 0.3 is 5.69 Å². The number of fused-ring (bicyclic) bond motifs is 1. The van der Waals surface area contributed by atoms with E-state index in [9.17, 15) is 9.59 Å². The van der Waals surface area contributed by atoms with Gasteiger partial charge in [-0.1, -0.05) is 23.7 Å². The van der Waals surface area contributed by atoms with Gasteiger partial charge in [0.25, 0.3) is 5.91 Å². The summed E-state index contributed by atoms with van der Waals surface area (Å²) in [6, 6.07) is 13.4. The number of rotatable bonds is 6. The SMILES string of the molecule is CNc1ccc(-n2c(=O)n(C[C@H]3CC[C@H](NC(=O)c4cc(Cl)cnc4C)CC3)c3ccccc32)nc1. The summed E-state index contributed by atoms with van der Waals surface area (Å²) < 4.78 is 3.55.